The summed E-state index contributed by atoms with van der Waals surface area (Å²) in [6, 6.07) is 6.92. The Morgan fingerprint density at radius 3 is 2.90 bits per heavy atom. The number of aromatic nitrogens is 3. The van der Waals surface area contributed by atoms with Crippen molar-refractivity contribution >= 4 is 38.9 Å². The molecule has 0 unspecified atom stereocenters. The molecule has 21 heavy (non-hydrogen) atoms. The number of methoxy groups -OCH3 is 1. The highest BCUT2D eigenvalue weighted by Crippen LogP contribution is 2.31. The van der Waals surface area contributed by atoms with Crippen LogP contribution in [0.25, 0.3) is 16.4 Å². The average Bonchev–Trinajstić information content (AvgIpc) is 3.04. The fourth-order valence-electron chi connectivity index (χ4n) is 1.88. The summed E-state index contributed by atoms with van der Waals surface area (Å²) in [5, 5.41) is 6.74. The van der Waals surface area contributed by atoms with Crippen LogP contribution in [0.5, 0.6) is 5.75 Å². The van der Waals surface area contributed by atoms with Gasteiger partial charge in [0.25, 0.3) is 0 Å². The van der Waals surface area contributed by atoms with E-state index in [1.54, 1.807) is 18.2 Å². The Kier molecular flexibility index (Phi) is 3.88. The van der Waals surface area contributed by atoms with Crippen molar-refractivity contribution in [1.82, 2.24) is 14.8 Å². The smallest absolute Gasteiger partial charge is 0.348 e. The second-order valence-electron chi connectivity index (χ2n) is 4.10. The van der Waals surface area contributed by atoms with E-state index in [0.717, 1.165) is 9.35 Å². The molecule has 108 valence electrons. The zero-order valence-electron chi connectivity index (χ0n) is 10.8. The highest BCUT2D eigenvalue weighted by atomic mass is 79.9. The van der Waals surface area contributed by atoms with Gasteiger partial charge in [0.05, 0.1) is 12.0 Å². The van der Waals surface area contributed by atoms with Crippen LogP contribution in [-0.2, 0) is 0 Å². The van der Waals surface area contributed by atoms with Gasteiger partial charge in [0.1, 0.15) is 11.4 Å². The van der Waals surface area contributed by atoms with E-state index in [1.807, 2.05) is 11.4 Å². The second kappa shape index (κ2) is 5.67. The van der Waals surface area contributed by atoms with Gasteiger partial charge >= 0.3 is 5.69 Å². The summed E-state index contributed by atoms with van der Waals surface area (Å²) in [6.45, 7) is 0. The van der Waals surface area contributed by atoms with E-state index >= 15 is 0 Å². The SMILES string of the molecule is COc1ccc(Cl)cc1-n1nc(-c2sccc2Br)[nH]c1=O. The first-order chi connectivity index (χ1) is 10.1. The number of nitrogens with one attached hydrogen (secondary N) is 1. The molecule has 0 bridgehead atoms. The fraction of sp³-hybridized carbons (Fsp3) is 0.0769. The third-order valence-corrected chi connectivity index (χ3v) is 4.90. The van der Waals surface area contributed by atoms with Crippen molar-refractivity contribution in [3.63, 3.8) is 0 Å². The van der Waals surface area contributed by atoms with Crippen LogP contribution >= 0.6 is 38.9 Å². The lowest BCUT2D eigenvalue weighted by molar-refractivity contribution is 0.411. The number of nitrogens with zero attached hydrogens (tertiary/aromatic N) is 2. The molecule has 0 radical (unpaired) electrons. The molecule has 0 aliphatic heterocycles. The van der Waals surface area contributed by atoms with Gasteiger partial charge in [-0.05, 0) is 45.6 Å². The lowest BCUT2D eigenvalue weighted by Gasteiger charge is -2.07. The molecule has 0 aliphatic rings. The molecular weight excluding hydrogens is 378 g/mol. The predicted molar refractivity (Wildman–Crippen MR) is 86.8 cm³/mol. The fourth-order valence-corrected chi connectivity index (χ4v) is 3.55. The van der Waals surface area contributed by atoms with Crippen LogP contribution in [0.2, 0.25) is 5.02 Å². The molecule has 1 N–H and O–H groups in total. The summed E-state index contributed by atoms with van der Waals surface area (Å²) in [6.07, 6.45) is 0. The van der Waals surface area contributed by atoms with Crippen molar-refractivity contribution < 1.29 is 4.74 Å². The maximum absolute atomic E-state index is 12.2. The third-order valence-electron chi connectivity index (χ3n) is 2.82. The van der Waals surface area contributed by atoms with E-state index in [1.165, 1.54) is 23.1 Å². The summed E-state index contributed by atoms with van der Waals surface area (Å²) in [7, 11) is 1.53. The minimum Gasteiger partial charge on any atom is -0.494 e. The van der Waals surface area contributed by atoms with E-state index in [9.17, 15) is 4.79 Å². The first kappa shape index (κ1) is 14.4. The maximum atomic E-state index is 12.2. The number of halogens is 2. The highest BCUT2D eigenvalue weighted by molar-refractivity contribution is 9.10. The molecular formula is C13H9BrClN3O2S. The van der Waals surface area contributed by atoms with Crippen molar-refractivity contribution in [1.29, 1.82) is 0 Å². The molecule has 0 fully saturated rings. The number of aromatic amines is 1. The van der Waals surface area contributed by atoms with Crippen LogP contribution in [-0.4, -0.2) is 21.9 Å². The van der Waals surface area contributed by atoms with Crippen molar-refractivity contribution in [2.45, 2.75) is 0 Å². The van der Waals surface area contributed by atoms with E-state index in [0.29, 0.717) is 22.3 Å². The number of H-pyrrole nitrogens is 1. The van der Waals surface area contributed by atoms with Crippen LogP contribution in [0.15, 0.2) is 38.9 Å². The number of hydrogen-bond donors (Lipinski definition) is 1. The van der Waals surface area contributed by atoms with Gasteiger partial charge in [0, 0.05) is 9.50 Å². The first-order valence-electron chi connectivity index (χ1n) is 5.87. The lowest BCUT2D eigenvalue weighted by Crippen LogP contribution is -2.16. The Morgan fingerprint density at radius 1 is 1.43 bits per heavy atom. The van der Waals surface area contributed by atoms with Crippen molar-refractivity contribution in [2.75, 3.05) is 7.11 Å². The van der Waals surface area contributed by atoms with Gasteiger partial charge in [-0.1, -0.05) is 11.6 Å². The molecule has 0 saturated heterocycles. The standard InChI is InChI=1S/C13H9BrClN3O2S/c1-20-10-3-2-7(15)6-9(10)18-13(19)16-12(17-18)11-8(14)4-5-21-11/h2-6H,1H3,(H,16,17,19). The van der Waals surface area contributed by atoms with E-state index in [2.05, 4.69) is 26.0 Å². The molecule has 0 amide bonds. The van der Waals surface area contributed by atoms with Gasteiger partial charge in [-0.2, -0.15) is 4.68 Å². The van der Waals surface area contributed by atoms with Crippen LogP contribution in [0.4, 0.5) is 0 Å². The van der Waals surface area contributed by atoms with Crippen molar-refractivity contribution in [2.24, 2.45) is 0 Å². The monoisotopic (exact) mass is 385 g/mol. The topological polar surface area (TPSA) is 59.9 Å². The molecule has 3 aromatic rings. The molecule has 3 rings (SSSR count). The highest BCUT2D eigenvalue weighted by Gasteiger charge is 2.15. The summed E-state index contributed by atoms with van der Waals surface area (Å²) >= 11 is 10.9. The van der Waals surface area contributed by atoms with Crippen LogP contribution in [0, 0.1) is 0 Å². The van der Waals surface area contributed by atoms with Gasteiger partial charge in [-0.15, -0.1) is 16.4 Å². The Bertz CT molecular complexity index is 855. The van der Waals surface area contributed by atoms with Gasteiger partial charge in [-0.3, -0.25) is 4.98 Å². The number of rotatable bonds is 3. The van der Waals surface area contributed by atoms with E-state index in [4.69, 9.17) is 16.3 Å². The molecule has 0 atom stereocenters. The van der Waals surface area contributed by atoms with Gasteiger partial charge < -0.3 is 4.74 Å². The quantitative estimate of drug-likeness (QED) is 0.746. The summed E-state index contributed by atoms with van der Waals surface area (Å²) in [5.74, 6) is 1.01. The zero-order valence-corrected chi connectivity index (χ0v) is 13.9. The minimum absolute atomic E-state index is 0.356. The number of ether oxygens (including phenoxy) is 1. The number of benzene rings is 1. The molecule has 2 aromatic heterocycles. The third kappa shape index (κ3) is 2.64. The minimum atomic E-state index is -0.356. The van der Waals surface area contributed by atoms with Crippen LogP contribution < -0.4 is 10.4 Å². The number of hydrogen-bond acceptors (Lipinski definition) is 4. The zero-order chi connectivity index (χ0) is 15.0. The number of thiophene rings is 1. The second-order valence-corrected chi connectivity index (χ2v) is 6.31. The van der Waals surface area contributed by atoms with Crippen molar-refractivity contribution in [3.05, 3.63) is 49.6 Å². The first-order valence-corrected chi connectivity index (χ1v) is 7.92. The Morgan fingerprint density at radius 2 is 2.24 bits per heavy atom. The molecule has 8 heteroatoms. The van der Waals surface area contributed by atoms with Gasteiger partial charge in [-0.25, -0.2) is 4.79 Å². The summed E-state index contributed by atoms with van der Waals surface area (Å²) < 4.78 is 7.38. The summed E-state index contributed by atoms with van der Waals surface area (Å²) in [5.41, 5.74) is 0.135. The van der Waals surface area contributed by atoms with Crippen LogP contribution in [0.3, 0.4) is 0 Å². The Labute approximate surface area is 137 Å². The average molecular weight is 387 g/mol. The van der Waals surface area contributed by atoms with E-state index < -0.39 is 0 Å². The van der Waals surface area contributed by atoms with E-state index in [-0.39, 0.29) is 5.69 Å². The largest absolute Gasteiger partial charge is 0.494 e. The van der Waals surface area contributed by atoms with Crippen LogP contribution in [0.1, 0.15) is 0 Å². The predicted octanol–water partition coefficient (Wildman–Crippen LogP) is 3.71. The summed E-state index contributed by atoms with van der Waals surface area (Å²) in [4.78, 5) is 15.8. The molecule has 0 aliphatic carbocycles. The lowest BCUT2D eigenvalue weighted by atomic mass is 10.3. The Balaban J connectivity index is 2.17. The molecule has 5 nitrogen and oxygen atoms in total. The van der Waals surface area contributed by atoms with Gasteiger partial charge in [0.2, 0.25) is 0 Å². The Hall–Kier alpha value is -1.57. The normalized spacial score (nSPS) is 10.8. The molecule has 0 spiro atoms. The maximum Gasteiger partial charge on any atom is 0.348 e. The molecule has 2 heterocycles. The van der Waals surface area contributed by atoms with Gasteiger partial charge in [0.15, 0.2) is 5.82 Å². The molecule has 1 aromatic carbocycles. The van der Waals surface area contributed by atoms with Crippen molar-refractivity contribution in [3.8, 4) is 22.1 Å². The molecule has 0 saturated carbocycles.